The van der Waals surface area contributed by atoms with E-state index in [1.807, 2.05) is 37.3 Å². The lowest BCUT2D eigenvalue weighted by Gasteiger charge is -2.10. The van der Waals surface area contributed by atoms with E-state index < -0.39 is 0 Å². The molecule has 4 nitrogen and oxygen atoms in total. The summed E-state index contributed by atoms with van der Waals surface area (Å²) in [6.07, 6.45) is 0.928. The number of rotatable bonds is 5. The molecule has 0 amide bonds. The first kappa shape index (κ1) is 12.6. The van der Waals surface area contributed by atoms with Gasteiger partial charge in [0.15, 0.2) is 5.76 Å². The highest BCUT2D eigenvalue weighted by Crippen LogP contribution is 2.19. The molecule has 0 saturated carbocycles. The van der Waals surface area contributed by atoms with Gasteiger partial charge in [0.2, 0.25) is 0 Å². The van der Waals surface area contributed by atoms with Crippen molar-refractivity contribution < 1.29 is 9.26 Å². The molecule has 0 radical (unpaired) electrons. The summed E-state index contributed by atoms with van der Waals surface area (Å²) in [5.41, 5.74) is 7.93. The highest BCUT2D eigenvalue weighted by Gasteiger charge is 2.04. The monoisotopic (exact) mass is 246 g/mol. The Morgan fingerprint density at radius 2 is 2.06 bits per heavy atom. The maximum absolute atomic E-state index is 5.95. The zero-order chi connectivity index (χ0) is 13.0. The Morgan fingerprint density at radius 3 is 2.61 bits per heavy atom. The maximum Gasteiger partial charge on any atom is 0.174 e. The van der Waals surface area contributed by atoms with Gasteiger partial charge in [-0.05, 0) is 31.0 Å². The number of ether oxygens (including phenoxy) is 1. The predicted molar refractivity (Wildman–Crippen MR) is 69.2 cm³/mol. The van der Waals surface area contributed by atoms with Crippen molar-refractivity contribution >= 4 is 0 Å². The summed E-state index contributed by atoms with van der Waals surface area (Å²) in [6, 6.07) is 9.80. The number of hydrogen-bond acceptors (Lipinski definition) is 4. The van der Waals surface area contributed by atoms with E-state index in [1.54, 1.807) is 0 Å². The fourth-order valence-corrected chi connectivity index (χ4v) is 1.69. The lowest BCUT2D eigenvalue weighted by Crippen LogP contribution is -2.08. The molecule has 2 rings (SSSR count). The minimum atomic E-state index is 0.0935. The number of nitrogens with two attached hydrogens (primary N) is 1. The molecule has 0 unspecified atom stereocenters. The summed E-state index contributed by atoms with van der Waals surface area (Å²) in [4.78, 5) is 0. The average molecular weight is 246 g/mol. The Hall–Kier alpha value is -1.81. The van der Waals surface area contributed by atoms with Gasteiger partial charge >= 0.3 is 0 Å². The van der Waals surface area contributed by atoms with Crippen LogP contribution in [0.25, 0.3) is 0 Å². The lowest BCUT2D eigenvalue weighted by molar-refractivity contribution is 0.248. The fraction of sp³-hybridized carbons (Fsp3) is 0.357. The van der Waals surface area contributed by atoms with Crippen molar-refractivity contribution in [2.75, 3.05) is 0 Å². The molecule has 96 valence electrons. The van der Waals surface area contributed by atoms with Crippen molar-refractivity contribution in [2.24, 2.45) is 5.73 Å². The van der Waals surface area contributed by atoms with Crippen molar-refractivity contribution in [3.63, 3.8) is 0 Å². The van der Waals surface area contributed by atoms with E-state index in [0.29, 0.717) is 6.61 Å². The van der Waals surface area contributed by atoms with E-state index in [0.717, 1.165) is 29.2 Å². The minimum Gasteiger partial charge on any atom is -0.486 e. The summed E-state index contributed by atoms with van der Waals surface area (Å²) in [5, 5.41) is 3.81. The van der Waals surface area contributed by atoms with E-state index in [-0.39, 0.29) is 6.04 Å². The van der Waals surface area contributed by atoms with Crippen molar-refractivity contribution in [3.05, 3.63) is 47.3 Å². The van der Waals surface area contributed by atoms with Gasteiger partial charge in [0, 0.05) is 12.1 Å². The van der Waals surface area contributed by atoms with Crippen LogP contribution >= 0.6 is 0 Å². The van der Waals surface area contributed by atoms with Crippen LogP contribution in [0.3, 0.4) is 0 Å². The van der Waals surface area contributed by atoms with Gasteiger partial charge in [0.25, 0.3) is 0 Å². The van der Waals surface area contributed by atoms with Crippen LogP contribution in [0.4, 0.5) is 0 Å². The van der Waals surface area contributed by atoms with Gasteiger partial charge in [-0.25, -0.2) is 0 Å². The van der Waals surface area contributed by atoms with Crippen LogP contribution in [0.5, 0.6) is 5.75 Å². The summed E-state index contributed by atoms with van der Waals surface area (Å²) >= 11 is 0. The lowest BCUT2D eigenvalue weighted by atomic mass is 10.1. The Labute approximate surface area is 107 Å². The van der Waals surface area contributed by atoms with Crippen LogP contribution in [0, 0.1) is 6.92 Å². The molecule has 1 aromatic carbocycles. The second-order valence-electron chi connectivity index (χ2n) is 4.31. The van der Waals surface area contributed by atoms with Gasteiger partial charge in [0.05, 0.1) is 5.69 Å². The summed E-state index contributed by atoms with van der Waals surface area (Å²) < 4.78 is 10.7. The largest absolute Gasteiger partial charge is 0.486 e. The highest BCUT2D eigenvalue weighted by molar-refractivity contribution is 5.29. The first-order valence-corrected chi connectivity index (χ1v) is 6.09. The summed E-state index contributed by atoms with van der Waals surface area (Å²) in [6.45, 7) is 4.34. The number of hydrogen-bond donors (Lipinski definition) is 1. The minimum absolute atomic E-state index is 0.0935. The van der Waals surface area contributed by atoms with Crippen LogP contribution in [0.1, 0.15) is 36.4 Å². The zero-order valence-electron chi connectivity index (χ0n) is 10.7. The summed E-state index contributed by atoms with van der Waals surface area (Å²) in [5.74, 6) is 1.53. The van der Waals surface area contributed by atoms with Gasteiger partial charge in [0.1, 0.15) is 12.4 Å². The first-order chi connectivity index (χ1) is 8.69. The van der Waals surface area contributed by atoms with E-state index >= 15 is 0 Å². The zero-order valence-corrected chi connectivity index (χ0v) is 10.7. The molecule has 4 heteroatoms. The first-order valence-electron chi connectivity index (χ1n) is 6.09. The molecular formula is C14H18N2O2. The molecular weight excluding hydrogens is 228 g/mol. The van der Waals surface area contributed by atoms with Gasteiger partial charge in [-0.1, -0.05) is 24.2 Å². The van der Waals surface area contributed by atoms with E-state index in [2.05, 4.69) is 12.1 Å². The van der Waals surface area contributed by atoms with Crippen LogP contribution in [-0.4, -0.2) is 5.16 Å². The molecule has 1 aromatic heterocycles. The number of aryl methyl sites for hydroxylation is 1. The standard InChI is InChI=1S/C14H18N2O2/c1-3-14(15)11-4-6-12(7-5-11)17-9-13-8-10(2)16-18-13/h4-8,14H,3,9,15H2,1-2H3/t14-/m1/s1. The van der Waals surface area contributed by atoms with E-state index in [9.17, 15) is 0 Å². The van der Waals surface area contributed by atoms with Crippen molar-refractivity contribution in [1.82, 2.24) is 5.16 Å². The molecule has 0 saturated heterocycles. The van der Waals surface area contributed by atoms with Crippen LogP contribution in [0.2, 0.25) is 0 Å². The fourth-order valence-electron chi connectivity index (χ4n) is 1.69. The van der Waals surface area contributed by atoms with E-state index in [1.165, 1.54) is 0 Å². The number of aromatic nitrogens is 1. The molecule has 18 heavy (non-hydrogen) atoms. The molecule has 2 N–H and O–H groups in total. The smallest absolute Gasteiger partial charge is 0.174 e. The SMILES string of the molecule is CC[C@@H](N)c1ccc(OCc2cc(C)no2)cc1. The summed E-state index contributed by atoms with van der Waals surface area (Å²) in [7, 11) is 0. The van der Waals surface area contributed by atoms with Crippen LogP contribution in [-0.2, 0) is 6.61 Å². The molecule has 0 bridgehead atoms. The Kier molecular flexibility index (Phi) is 3.99. The molecule has 1 atom stereocenters. The van der Waals surface area contributed by atoms with Crippen molar-refractivity contribution in [3.8, 4) is 5.75 Å². The van der Waals surface area contributed by atoms with Crippen LogP contribution < -0.4 is 10.5 Å². The maximum atomic E-state index is 5.95. The molecule has 2 aromatic rings. The van der Waals surface area contributed by atoms with Gasteiger partial charge in [-0.3, -0.25) is 0 Å². The normalized spacial score (nSPS) is 12.4. The van der Waals surface area contributed by atoms with Gasteiger partial charge in [-0.15, -0.1) is 0 Å². The van der Waals surface area contributed by atoms with E-state index in [4.69, 9.17) is 15.0 Å². The second-order valence-corrected chi connectivity index (χ2v) is 4.31. The third-order valence-corrected chi connectivity index (χ3v) is 2.81. The molecule has 0 aliphatic carbocycles. The third-order valence-electron chi connectivity index (χ3n) is 2.81. The molecule has 0 aliphatic rings. The average Bonchev–Trinajstić information content (AvgIpc) is 2.82. The Morgan fingerprint density at radius 1 is 1.33 bits per heavy atom. The molecule has 0 fully saturated rings. The molecule has 0 aliphatic heterocycles. The van der Waals surface area contributed by atoms with Gasteiger partial charge in [-0.2, -0.15) is 0 Å². The third kappa shape index (κ3) is 3.11. The topological polar surface area (TPSA) is 61.3 Å². The highest BCUT2D eigenvalue weighted by atomic mass is 16.5. The van der Waals surface area contributed by atoms with Crippen molar-refractivity contribution in [1.29, 1.82) is 0 Å². The Balaban J connectivity index is 1.94. The quantitative estimate of drug-likeness (QED) is 0.881. The molecule has 1 heterocycles. The van der Waals surface area contributed by atoms with Crippen molar-refractivity contribution in [2.45, 2.75) is 32.9 Å². The predicted octanol–water partition coefficient (Wildman–Crippen LogP) is 2.97. The van der Waals surface area contributed by atoms with Gasteiger partial charge < -0.3 is 15.0 Å². The molecule has 0 spiro atoms. The number of nitrogens with zero attached hydrogens (tertiary/aromatic N) is 1. The number of benzene rings is 1. The Bertz CT molecular complexity index is 491. The van der Waals surface area contributed by atoms with Crippen LogP contribution in [0.15, 0.2) is 34.9 Å². The second kappa shape index (κ2) is 5.69.